The van der Waals surface area contributed by atoms with Crippen molar-refractivity contribution < 1.29 is 13.5 Å². The van der Waals surface area contributed by atoms with Gasteiger partial charge < -0.3 is 4.74 Å². The Kier molecular flexibility index (Phi) is 5.59. The Labute approximate surface area is 142 Å². The van der Waals surface area contributed by atoms with E-state index in [0.717, 1.165) is 50.9 Å². The van der Waals surface area contributed by atoms with E-state index in [4.69, 9.17) is 4.74 Å². The van der Waals surface area contributed by atoms with E-state index in [1.807, 2.05) is 24.3 Å². The van der Waals surface area contributed by atoms with Crippen LogP contribution in [-0.4, -0.2) is 37.7 Å². The van der Waals surface area contributed by atoms with Crippen LogP contribution in [0.25, 0.3) is 11.1 Å². The summed E-state index contributed by atoms with van der Waals surface area (Å²) in [6.45, 7) is 6.95. The highest BCUT2D eigenvalue weighted by Crippen LogP contribution is 2.26. The quantitative estimate of drug-likeness (QED) is 0.802. The highest BCUT2D eigenvalue weighted by molar-refractivity contribution is 5.64. The molecule has 4 heteroatoms. The molecule has 1 fully saturated rings. The molecule has 128 valence electrons. The van der Waals surface area contributed by atoms with Gasteiger partial charge in [-0.1, -0.05) is 31.2 Å². The van der Waals surface area contributed by atoms with Gasteiger partial charge in [0.15, 0.2) is 0 Å². The normalized spacial score (nSPS) is 17.0. The lowest BCUT2D eigenvalue weighted by Gasteiger charge is -2.27. The summed E-state index contributed by atoms with van der Waals surface area (Å²) in [5.41, 5.74) is 2.45. The van der Waals surface area contributed by atoms with E-state index >= 15 is 0 Å². The van der Waals surface area contributed by atoms with E-state index in [9.17, 15) is 8.78 Å². The lowest BCUT2D eigenvalue weighted by Crippen LogP contribution is -2.37. The van der Waals surface area contributed by atoms with Gasteiger partial charge in [-0.3, -0.25) is 4.90 Å². The second-order valence-corrected chi connectivity index (χ2v) is 6.39. The van der Waals surface area contributed by atoms with Crippen molar-refractivity contribution in [3.63, 3.8) is 0 Å². The summed E-state index contributed by atoms with van der Waals surface area (Å²) >= 11 is 0. The van der Waals surface area contributed by atoms with Crippen LogP contribution >= 0.6 is 0 Å². The van der Waals surface area contributed by atoms with Crippen molar-refractivity contribution in [2.45, 2.75) is 19.3 Å². The second-order valence-electron chi connectivity index (χ2n) is 6.39. The van der Waals surface area contributed by atoms with Crippen molar-refractivity contribution in [3.8, 4) is 11.1 Å². The smallest absolute Gasteiger partial charge is 0.133 e. The number of hydrogen-bond donors (Lipinski definition) is 0. The Hall–Kier alpha value is -1.78. The lowest BCUT2D eigenvalue weighted by molar-refractivity contribution is 0.0367. The van der Waals surface area contributed by atoms with Crippen molar-refractivity contribution >= 4 is 0 Å². The van der Waals surface area contributed by atoms with Gasteiger partial charge in [0.2, 0.25) is 0 Å². The van der Waals surface area contributed by atoms with Gasteiger partial charge in [0.25, 0.3) is 0 Å². The summed E-state index contributed by atoms with van der Waals surface area (Å²) in [6.07, 6.45) is 1.09. The summed E-state index contributed by atoms with van der Waals surface area (Å²) in [5.74, 6) is -0.632. The molecule has 1 atom stereocenters. The zero-order valence-corrected chi connectivity index (χ0v) is 14.0. The summed E-state index contributed by atoms with van der Waals surface area (Å²) < 4.78 is 32.3. The Morgan fingerprint density at radius 2 is 1.75 bits per heavy atom. The summed E-state index contributed by atoms with van der Waals surface area (Å²) in [4.78, 5) is 2.43. The van der Waals surface area contributed by atoms with E-state index in [2.05, 4.69) is 11.8 Å². The summed E-state index contributed by atoms with van der Waals surface area (Å²) in [6, 6.07) is 11.6. The molecule has 0 saturated carbocycles. The molecule has 2 aromatic carbocycles. The van der Waals surface area contributed by atoms with Crippen LogP contribution < -0.4 is 0 Å². The zero-order valence-electron chi connectivity index (χ0n) is 14.0. The minimum Gasteiger partial charge on any atom is -0.379 e. The number of benzene rings is 2. The molecule has 1 aliphatic rings. The Balaban J connectivity index is 1.62. The maximum absolute atomic E-state index is 13.9. The summed E-state index contributed by atoms with van der Waals surface area (Å²) in [5, 5.41) is 0. The van der Waals surface area contributed by atoms with Gasteiger partial charge in [0, 0.05) is 24.7 Å². The van der Waals surface area contributed by atoms with Gasteiger partial charge in [-0.15, -0.1) is 0 Å². The SMILES string of the molecule is CC(CCN1CCOCC1)c1ccc(-c2ccc(F)cc2F)cc1. The van der Waals surface area contributed by atoms with Gasteiger partial charge >= 0.3 is 0 Å². The van der Waals surface area contributed by atoms with E-state index in [1.54, 1.807) is 0 Å². The standard InChI is InChI=1S/C20H23F2NO/c1-15(8-9-23-10-12-24-13-11-23)16-2-4-17(5-3-16)19-7-6-18(21)14-20(19)22/h2-7,14-15H,8-13H2,1H3. The molecule has 0 radical (unpaired) electrons. The third kappa shape index (κ3) is 4.19. The molecule has 0 aromatic heterocycles. The average Bonchev–Trinajstić information content (AvgIpc) is 2.61. The van der Waals surface area contributed by atoms with E-state index in [-0.39, 0.29) is 0 Å². The fourth-order valence-corrected chi connectivity index (χ4v) is 3.08. The number of nitrogens with zero attached hydrogens (tertiary/aromatic N) is 1. The first-order valence-corrected chi connectivity index (χ1v) is 8.49. The maximum atomic E-state index is 13.9. The Morgan fingerprint density at radius 3 is 2.42 bits per heavy atom. The number of hydrogen-bond acceptors (Lipinski definition) is 2. The van der Waals surface area contributed by atoms with Crippen molar-refractivity contribution in [1.29, 1.82) is 0 Å². The first kappa shape index (κ1) is 17.1. The molecule has 0 spiro atoms. The minimum absolute atomic E-state index is 0.434. The number of rotatable bonds is 5. The monoisotopic (exact) mass is 331 g/mol. The molecule has 3 rings (SSSR count). The fourth-order valence-electron chi connectivity index (χ4n) is 3.08. The topological polar surface area (TPSA) is 12.5 Å². The molecule has 1 heterocycles. The van der Waals surface area contributed by atoms with Crippen LogP contribution in [0.4, 0.5) is 8.78 Å². The van der Waals surface area contributed by atoms with Crippen LogP contribution in [0, 0.1) is 11.6 Å². The van der Waals surface area contributed by atoms with Gasteiger partial charge in [0.1, 0.15) is 11.6 Å². The maximum Gasteiger partial charge on any atom is 0.133 e. The van der Waals surface area contributed by atoms with E-state index in [0.29, 0.717) is 11.5 Å². The van der Waals surface area contributed by atoms with Crippen LogP contribution in [0.5, 0.6) is 0 Å². The molecular formula is C20H23F2NO. The zero-order chi connectivity index (χ0) is 16.9. The predicted octanol–water partition coefficient (Wildman–Crippen LogP) is 4.46. The molecule has 1 saturated heterocycles. The average molecular weight is 331 g/mol. The van der Waals surface area contributed by atoms with E-state index in [1.165, 1.54) is 17.7 Å². The van der Waals surface area contributed by atoms with Crippen LogP contribution in [-0.2, 0) is 4.74 Å². The molecule has 0 N–H and O–H groups in total. The first-order chi connectivity index (χ1) is 11.6. The number of ether oxygens (including phenoxy) is 1. The van der Waals surface area contributed by atoms with Gasteiger partial charge in [-0.25, -0.2) is 8.78 Å². The molecular weight excluding hydrogens is 308 g/mol. The summed E-state index contributed by atoms with van der Waals surface area (Å²) in [7, 11) is 0. The third-order valence-electron chi connectivity index (χ3n) is 4.70. The highest BCUT2D eigenvalue weighted by Gasteiger charge is 2.13. The third-order valence-corrected chi connectivity index (χ3v) is 4.70. The molecule has 0 aliphatic carbocycles. The van der Waals surface area contributed by atoms with Gasteiger partial charge in [-0.05, 0) is 42.1 Å². The molecule has 0 bridgehead atoms. The van der Waals surface area contributed by atoms with Crippen LogP contribution in [0.1, 0.15) is 24.8 Å². The van der Waals surface area contributed by atoms with E-state index < -0.39 is 11.6 Å². The Morgan fingerprint density at radius 1 is 1.04 bits per heavy atom. The second kappa shape index (κ2) is 7.86. The number of morpholine rings is 1. The van der Waals surface area contributed by atoms with Crippen molar-refractivity contribution in [2.75, 3.05) is 32.8 Å². The van der Waals surface area contributed by atoms with Crippen LogP contribution in [0.15, 0.2) is 42.5 Å². The fraction of sp³-hybridized carbons (Fsp3) is 0.400. The molecule has 2 aromatic rings. The molecule has 1 aliphatic heterocycles. The first-order valence-electron chi connectivity index (χ1n) is 8.49. The molecule has 1 unspecified atom stereocenters. The van der Waals surface area contributed by atoms with Crippen LogP contribution in [0.3, 0.4) is 0 Å². The van der Waals surface area contributed by atoms with Crippen molar-refractivity contribution in [3.05, 3.63) is 59.7 Å². The minimum atomic E-state index is -0.551. The van der Waals surface area contributed by atoms with Crippen LogP contribution in [0.2, 0.25) is 0 Å². The van der Waals surface area contributed by atoms with Crippen molar-refractivity contribution in [1.82, 2.24) is 4.90 Å². The molecule has 2 nitrogen and oxygen atoms in total. The van der Waals surface area contributed by atoms with Gasteiger partial charge in [0.05, 0.1) is 13.2 Å². The predicted molar refractivity (Wildman–Crippen MR) is 92.1 cm³/mol. The Bertz CT molecular complexity index is 666. The lowest BCUT2D eigenvalue weighted by atomic mass is 9.95. The highest BCUT2D eigenvalue weighted by atomic mass is 19.1. The number of halogens is 2. The van der Waals surface area contributed by atoms with Gasteiger partial charge in [-0.2, -0.15) is 0 Å². The van der Waals surface area contributed by atoms with Crippen molar-refractivity contribution in [2.24, 2.45) is 0 Å². The molecule has 24 heavy (non-hydrogen) atoms. The molecule has 0 amide bonds. The largest absolute Gasteiger partial charge is 0.379 e.